The highest BCUT2D eigenvalue weighted by Crippen LogP contribution is 2.40. The third-order valence-corrected chi connectivity index (χ3v) is 5.26. The number of carbonyl (C=O) groups excluding carboxylic acids is 2. The van der Waals surface area contributed by atoms with E-state index in [0.29, 0.717) is 28.6 Å². The summed E-state index contributed by atoms with van der Waals surface area (Å²) in [5.74, 6) is 0.964. The first-order valence-corrected chi connectivity index (χ1v) is 9.38. The summed E-state index contributed by atoms with van der Waals surface area (Å²) < 4.78 is 10.9. The third kappa shape index (κ3) is 3.46. The quantitative estimate of drug-likeness (QED) is 0.447. The zero-order valence-corrected chi connectivity index (χ0v) is 15.4. The number of benzene rings is 2. The molecule has 0 unspecified atom stereocenters. The second kappa shape index (κ2) is 7.29. The highest BCUT2D eigenvalue weighted by atomic mass is 32.2. The average Bonchev–Trinajstić information content (AvgIpc) is 3.28. The molecule has 1 aromatic heterocycles. The molecule has 4 nitrogen and oxygen atoms in total. The summed E-state index contributed by atoms with van der Waals surface area (Å²) >= 11 is 1.45. The van der Waals surface area contributed by atoms with Gasteiger partial charge in [0.1, 0.15) is 11.5 Å². The Kier molecular flexibility index (Phi) is 4.69. The molecule has 2 heterocycles. The van der Waals surface area contributed by atoms with E-state index in [1.165, 1.54) is 11.8 Å². The van der Waals surface area contributed by atoms with E-state index in [0.717, 1.165) is 16.0 Å². The Labute approximate surface area is 160 Å². The molecule has 1 aliphatic heterocycles. The smallest absolute Gasteiger partial charge is 0.338 e. The Morgan fingerprint density at radius 3 is 2.59 bits per heavy atom. The van der Waals surface area contributed by atoms with Crippen LogP contribution in [0.4, 0.5) is 0 Å². The first-order valence-electron chi connectivity index (χ1n) is 8.56. The molecule has 0 radical (unpaired) electrons. The van der Waals surface area contributed by atoms with Crippen LogP contribution in [0.25, 0.3) is 17.4 Å². The molecule has 5 heteroatoms. The minimum Gasteiger partial charge on any atom is -0.462 e. The maximum Gasteiger partial charge on any atom is 0.338 e. The van der Waals surface area contributed by atoms with Gasteiger partial charge in [-0.3, -0.25) is 4.79 Å². The van der Waals surface area contributed by atoms with Crippen molar-refractivity contribution >= 4 is 29.6 Å². The van der Waals surface area contributed by atoms with Crippen molar-refractivity contribution in [1.29, 1.82) is 0 Å². The van der Waals surface area contributed by atoms with E-state index in [2.05, 4.69) is 0 Å². The molecule has 0 saturated heterocycles. The lowest BCUT2D eigenvalue weighted by Crippen LogP contribution is -2.03. The van der Waals surface area contributed by atoms with Crippen molar-refractivity contribution in [2.75, 3.05) is 6.61 Å². The van der Waals surface area contributed by atoms with Crippen molar-refractivity contribution < 1.29 is 18.7 Å². The summed E-state index contributed by atoms with van der Waals surface area (Å²) in [5.41, 5.74) is 2.08. The fraction of sp³-hybridized carbons (Fsp3) is 0.0909. The van der Waals surface area contributed by atoms with Gasteiger partial charge < -0.3 is 9.15 Å². The van der Waals surface area contributed by atoms with Gasteiger partial charge in [0.15, 0.2) is 0 Å². The number of thioether (sulfide) groups is 1. The molecular formula is C22H16O4S. The van der Waals surface area contributed by atoms with Crippen LogP contribution >= 0.6 is 11.8 Å². The largest absolute Gasteiger partial charge is 0.462 e. The van der Waals surface area contributed by atoms with E-state index in [-0.39, 0.29) is 11.8 Å². The lowest BCUT2D eigenvalue weighted by Gasteiger charge is -2.02. The standard InChI is InChI=1S/C22H16O4S/c1-2-25-22(24)15-9-7-14(8-10-15)18-12-11-16(26-18)13-20-21(23)17-5-3-4-6-19(17)27-20/h3-13H,2H2,1H3/b20-13+. The van der Waals surface area contributed by atoms with Gasteiger partial charge in [0, 0.05) is 16.0 Å². The molecule has 134 valence electrons. The molecule has 1 aliphatic rings. The third-order valence-electron chi connectivity index (χ3n) is 4.16. The van der Waals surface area contributed by atoms with Gasteiger partial charge >= 0.3 is 5.97 Å². The topological polar surface area (TPSA) is 56.5 Å². The molecule has 0 atom stereocenters. The number of esters is 1. The lowest BCUT2D eigenvalue weighted by atomic mass is 10.1. The highest BCUT2D eigenvalue weighted by Gasteiger charge is 2.25. The summed E-state index contributed by atoms with van der Waals surface area (Å²) in [6.07, 6.45) is 1.77. The summed E-state index contributed by atoms with van der Waals surface area (Å²) in [7, 11) is 0. The maximum atomic E-state index is 12.5. The molecule has 27 heavy (non-hydrogen) atoms. The Hall–Kier alpha value is -3.05. The van der Waals surface area contributed by atoms with Crippen molar-refractivity contribution in [3.8, 4) is 11.3 Å². The molecule has 0 saturated carbocycles. The summed E-state index contributed by atoms with van der Waals surface area (Å²) in [6.45, 7) is 2.12. The van der Waals surface area contributed by atoms with E-state index in [1.54, 1.807) is 25.1 Å². The van der Waals surface area contributed by atoms with E-state index in [9.17, 15) is 9.59 Å². The second-order valence-electron chi connectivity index (χ2n) is 5.94. The highest BCUT2D eigenvalue weighted by molar-refractivity contribution is 8.04. The van der Waals surface area contributed by atoms with Crippen LogP contribution in [-0.4, -0.2) is 18.4 Å². The SMILES string of the molecule is CCOC(=O)c1ccc(-c2ccc(/C=C3/Sc4ccccc4C3=O)o2)cc1. The number of Topliss-reactive ketones (excluding diaryl/α,β-unsaturated/α-hetero) is 1. The van der Waals surface area contributed by atoms with Crippen molar-refractivity contribution in [2.24, 2.45) is 0 Å². The first kappa shape index (κ1) is 17.4. The number of ketones is 1. The Bertz CT molecular complexity index is 1040. The normalized spacial score (nSPS) is 14.4. The van der Waals surface area contributed by atoms with Gasteiger partial charge in [-0.15, -0.1) is 0 Å². The Morgan fingerprint density at radius 1 is 1.07 bits per heavy atom. The minimum atomic E-state index is -0.342. The molecular weight excluding hydrogens is 360 g/mol. The predicted octanol–water partition coefficient (Wildman–Crippen LogP) is 5.45. The number of furan rings is 1. The minimum absolute atomic E-state index is 0.0207. The number of fused-ring (bicyclic) bond motifs is 1. The van der Waals surface area contributed by atoms with Crippen LogP contribution in [0.2, 0.25) is 0 Å². The molecule has 3 aromatic rings. The van der Waals surface area contributed by atoms with Gasteiger partial charge in [-0.05, 0) is 49.4 Å². The van der Waals surface area contributed by atoms with Gasteiger partial charge in [-0.1, -0.05) is 36.0 Å². The molecule has 0 bridgehead atoms. The number of ether oxygens (including phenoxy) is 1. The van der Waals surface area contributed by atoms with Gasteiger partial charge in [0.2, 0.25) is 5.78 Å². The summed E-state index contributed by atoms with van der Waals surface area (Å²) in [6, 6.07) is 18.3. The van der Waals surface area contributed by atoms with Crippen molar-refractivity contribution in [2.45, 2.75) is 11.8 Å². The van der Waals surface area contributed by atoms with Crippen LogP contribution in [-0.2, 0) is 4.74 Å². The fourth-order valence-electron chi connectivity index (χ4n) is 2.84. The summed E-state index contributed by atoms with van der Waals surface area (Å²) in [4.78, 5) is 25.8. The van der Waals surface area contributed by atoms with Crippen LogP contribution in [0.5, 0.6) is 0 Å². The average molecular weight is 376 g/mol. The molecule has 0 aliphatic carbocycles. The monoisotopic (exact) mass is 376 g/mol. The number of hydrogen-bond donors (Lipinski definition) is 0. The number of carbonyl (C=O) groups is 2. The number of rotatable bonds is 4. The predicted molar refractivity (Wildman–Crippen MR) is 105 cm³/mol. The van der Waals surface area contributed by atoms with E-state index in [4.69, 9.17) is 9.15 Å². The molecule has 0 spiro atoms. The van der Waals surface area contributed by atoms with Crippen molar-refractivity contribution in [3.63, 3.8) is 0 Å². The molecule has 2 aromatic carbocycles. The zero-order chi connectivity index (χ0) is 18.8. The fourth-order valence-corrected chi connectivity index (χ4v) is 3.87. The summed E-state index contributed by atoms with van der Waals surface area (Å²) in [5, 5.41) is 0. The number of allylic oxidation sites excluding steroid dienone is 1. The Morgan fingerprint density at radius 2 is 1.85 bits per heavy atom. The first-order chi connectivity index (χ1) is 13.2. The van der Waals surface area contributed by atoms with Crippen LogP contribution < -0.4 is 0 Å². The van der Waals surface area contributed by atoms with Crippen LogP contribution in [0.15, 0.2) is 74.9 Å². The van der Waals surface area contributed by atoms with E-state index >= 15 is 0 Å². The van der Waals surface area contributed by atoms with Crippen molar-refractivity contribution in [3.05, 3.63) is 82.5 Å². The lowest BCUT2D eigenvalue weighted by molar-refractivity contribution is 0.0526. The Balaban J connectivity index is 1.54. The molecule has 4 rings (SSSR count). The molecule has 0 amide bonds. The van der Waals surface area contributed by atoms with Crippen LogP contribution in [0.1, 0.15) is 33.4 Å². The van der Waals surface area contributed by atoms with Gasteiger partial charge in [-0.2, -0.15) is 0 Å². The maximum absolute atomic E-state index is 12.5. The van der Waals surface area contributed by atoms with Crippen LogP contribution in [0.3, 0.4) is 0 Å². The number of hydrogen-bond acceptors (Lipinski definition) is 5. The molecule has 0 fully saturated rings. The van der Waals surface area contributed by atoms with Crippen LogP contribution in [0, 0.1) is 0 Å². The van der Waals surface area contributed by atoms with Crippen molar-refractivity contribution in [1.82, 2.24) is 0 Å². The van der Waals surface area contributed by atoms with E-state index < -0.39 is 0 Å². The van der Waals surface area contributed by atoms with Gasteiger partial charge in [0.05, 0.1) is 17.1 Å². The van der Waals surface area contributed by atoms with Gasteiger partial charge in [-0.25, -0.2) is 4.79 Å². The zero-order valence-electron chi connectivity index (χ0n) is 14.6. The van der Waals surface area contributed by atoms with E-state index in [1.807, 2.05) is 48.5 Å². The van der Waals surface area contributed by atoms with Gasteiger partial charge in [0.25, 0.3) is 0 Å². The molecule has 0 N–H and O–H groups in total. The second-order valence-corrected chi connectivity index (χ2v) is 7.02.